The molecule has 2 aromatic heterocycles. The Balaban J connectivity index is 2.32. The third-order valence-electron chi connectivity index (χ3n) is 2.31. The number of nitrogens with zero attached hydrogens (tertiary/aromatic N) is 2. The van der Waals surface area contributed by atoms with Crippen LogP contribution in [0.3, 0.4) is 0 Å². The summed E-state index contributed by atoms with van der Waals surface area (Å²) in [6.45, 7) is 3.94. The normalized spacial score (nSPS) is 12.7. The molecule has 90 valence electrons. The van der Waals surface area contributed by atoms with Crippen LogP contribution < -0.4 is 5.73 Å². The second kappa shape index (κ2) is 4.89. The van der Waals surface area contributed by atoms with E-state index in [1.807, 2.05) is 13.8 Å². The largest absolute Gasteiger partial charge is 0.328 e. The lowest BCUT2D eigenvalue weighted by Crippen LogP contribution is -2.17. The van der Waals surface area contributed by atoms with Crippen molar-refractivity contribution >= 4 is 11.3 Å². The van der Waals surface area contributed by atoms with E-state index in [-0.39, 0.29) is 11.9 Å². The predicted molar refractivity (Wildman–Crippen MR) is 67.4 cm³/mol. The maximum absolute atomic E-state index is 12.8. The number of hydrogen-bond donors (Lipinski definition) is 1. The van der Waals surface area contributed by atoms with Crippen molar-refractivity contribution in [2.75, 3.05) is 0 Å². The zero-order valence-electron chi connectivity index (χ0n) is 9.77. The van der Waals surface area contributed by atoms with E-state index in [9.17, 15) is 4.39 Å². The van der Waals surface area contributed by atoms with Crippen molar-refractivity contribution < 1.29 is 4.39 Å². The Morgan fingerprint density at radius 2 is 2.24 bits per heavy atom. The highest BCUT2D eigenvalue weighted by Gasteiger charge is 2.11. The number of nitrogens with two attached hydrogens (primary N) is 1. The van der Waals surface area contributed by atoms with E-state index < -0.39 is 0 Å². The van der Waals surface area contributed by atoms with Crippen molar-refractivity contribution in [1.29, 1.82) is 0 Å². The fourth-order valence-corrected chi connectivity index (χ4v) is 2.65. The first-order valence-electron chi connectivity index (χ1n) is 5.40. The summed E-state index contributed by atoms with van der Waals surface area (Å²) < 4.78 is 12.8. The second-order valence-corrected chi connectivity index (χ2v) is 5.34. The van der Waals surface area contributed by atoms with E-state index in [0.717, 1.165) is 22.0 Å². The topological polar surface area (TPSA) is 51.8 Å². The van der Waals surface area contributed by atoms with E-state index in [1.165, 1.54) is 12.3 Å². The van der Waals surface area contributed by atoms with Crippen LogP contribution in [-0.4, -0.2) is 16.0 Å². The third kappa shape index (κ3) is 2.87. The molecule has 0 aromatic carbocycles. The third-order valence-corrected chi connectivity index (χ3v) is 3.30. The summed E-state index contributed by atoms with van der Waals surface area (Å²) in [4.78, 5) is 9.63. The van der Waals surface area contributed by atoms with E-state index in [4.69, 9.17) is 5.73 Å². The van der Waals surface area contributed by atoms with Crippen LogP contribution in [0.2, 0.25) is 0 Å². The molecule has 0 amide bonds. The average molecular weight is 251 g/mol. The van der Waals surface area contributed by atoms with Gasteiger partial charge >= 0.3 is 0 Å². The van der Waals surface area contributed by atoms with Crippen LogP contribution in [0.1, 0.15) is 16.8 Å². The molecule has 0 saturated carbocycles. The lowest BCUT2D eigenvalue weighted by molar-refractivity contribution is 0.622. The Bertz CT molecular complexity index is 505. The van der Waals surface area contributed by atoms with Gasteiger partial charge in [0.05, 0.1) is 16.9 Å². The SMILES string of the molecule is Cc1sc(CC(C)N)nc1-c1ccc(F)cn1. The van der Waals surface area contributed by atoms with Crippen molar-refractivity contribution in [2.24, 2.45) is 5.73 Å². The van der Waals surface area contributed by atoms with Gasteiger partial charge in [-0.05, 0) is 26.0 Å². The zero-order valence-corrected chi connectivity index (χ0v) is 10.6. The molecule has 0 radical (unpaired) electrons. The van der Waals surface area contributed by atoms with E-state index in [2.05, 4.69) is 9.97 Å². The molecule has 2 rings (SSSR count). The van der Waals surface area contributed by atoms with Crippen molar-refractivity contribution in [2.45, 2.75) is 26.3 Å². The molecule has 2 N–H and O–H groups in total. The first kappa shape index (κ1) is 12.1. The van der Waals surface area contributed by atoms with Crippen LogP contribution in [0.4, 0.5) is 4.39 Å². The monoisotopic (exact) mass is 251 g/mol. The Morgan fingerprint density at radius 1 is 1.47 bits per heavy atom. The quantitative estimate of drug-likeness (QED) is 0.912. The number of rotatable bonds is 3. The number of hydrogen-bond acceptors (Lipinski definition) is 4. The van der Waals surface area contributed by atoms with Gasteiger partial charge in [0.1, 0.15) is 11.5 Å². The summed E-state index contributed by atoms with van der Waals surface area (Å²) in [6.07, 6.45) is 1.96. The van der Waals surface area contributed by atoms with Crippen LogP contribution in [0.25, 0.3) is 11.4 Å². The molecule has 0 spiro atoms. The van der Waals surface area contributed by atoms with Gasteiger partial charge in [0.25, 0.3) is 0 Å². The van der Waals surface area contributed by atoms with Gasteiger partial charge in [0.15, 0.2) is 0 Å². The summed E-state index contributed by atoms with van der Waals surface area (Å²) in [7, 11) is 0. The fourth-order valence-electron chi connectivity index (χ4n) is 1.57. The highest BCUT2D eigenvalue weighted by Crippen LogP contribution is 2.26. The van der Waals surface area contributed by atoms with Gasteiger partial charge in [-0.15, -0.1) is 11.3 Å². The average Bonchev–Trinajstić information content (AvgIpc) is 2.59. The lowest BCUT2D eigenvalue weighted by atomic mass is 10.2. The number of pyridine rings is 1. The van der Waals surface area contributed by atoms with Gasteiger partial charge in [-0.25, -0.2) is 9.37 Å². The van der Waals surface area contributed by atoms with Crippen LogP contribution in [0.5, 0.6) is 0 Å². The molecular weight excluding hydrogens is 237 g/mol. The minimum absolute atomic E-state index is 0.0922. The van der Waals surface area contributed by atoms with Crippen LogP contribution >= 0.6 is 11.3 Å². The first-order valence-corrected chi connectivity index (χ1v) is 6.21. The van der Waals surface area contributed by atoms with Crippen LogP contribution in [0.15, 0.2) is 18.3 Å². The second-order valence-electron chi connectivity index (χ2n) is 4.06. The molecule has 2 heterocycles. The van der Waals surface area contributed by atoms with Gasteiger partial charge in [0.2, 0.25) is 0 Å². The van der Waals surface area contributed by atoms with Crippen LogP contribution in [-0.2, 0) is 6.42 Å². The van der Waals surface area contributed by atoms with E-state index in [0.29, 0.717) is 5.69 Å². The molecule has 0 aliphatic carbocycles. The minimum atomic E-state index is -0.336. The Morgan fingerprint density at radius 3 is 2.82 bits per heavy atom. The first-order chi connectivity index (χ1) is 8.06. The molecular formula is C12H14FN3S. The molecule has 1 atom stereocenters. The molecule has 2 aromatic rings. The zero-order chi connectivity index (χ0) is 12.4. The molecule has 0 bridgehead atoms. The van der Waals surface area contributed by atoms with E-state index >= 15 is 0 Å². The maximum atomic E-state index is 12.8. The molecule has 0 fully saturated rings. The standard InChI is InChI=1S/C12H14FN3S/c1-7(14)5-11-16-12(8(2)17-11)10-4-3-9(13)6-15-10/h3-4,6-7H,5,14H2,1-2H3. The van der Waals surface area contributed by atoms with Gasteiger partial charge in [-0.2, -0.15) is 0 Å². The minimum Gasteiger partial charge on any atom is -0.328 e. The Kier molecular flexibility index (Phi) is 3.49. The summed E-state index contributed by atoms with van der Waals surface area (Å²) in [5.41, 5.74) is 7.27. The Labute approximate surface area is 104 Å². The molecule has 1 unspecified atom stereocenters. The highest BCUT2D eigenvalue weighted by atomic mass is 32.1. The smallest absolute Gasteiger partial charge is 0.141 e. The summed E-state index contributed by atoms with van der Waals surface area (Å²) in [5.74, 6) is -0.336. The number of aryl methyl sites for hydroxylation is 1. The number of thiazole rings is 1. The van der Waals surface area contributed by atoms with E-state index in [1.54, 1.807) is 17.4 Å². The molecule has 0 aliphatic heterocycles. The molecule has 0 saturated heterocycles. The van der Waals surface area contributed by atoms with Gasteiger partial charge in [0, 0.05) is 17.3 Å². The molecule has 0 aliphatic rings. The highest BCUT2D eigenvalue weighted by molar-refractivity contribution is 7.12. The van der Waals surface area contributed by atoms with Gasteiger partial charge in [-0.1, -0.05) is 0 Å². The predicted octanol–water partition coefficient (Wildman–Crippen LogP) is 2.54. The van der Waals surface area contributed by atoms with Crippen molar-refractivity contribution in [3.8, 4) is 11.4 Å². The van der Waals surface area contributed by atoms with Crippen molar-refractivity contribution in [3.05, 3.63) is 34.0 Å². The molecule has 5 heteroatoms. The molecule has 17 heavy (non-hydrogen) atoms. The van der Waals surface area contributed by atoms with Gasteiger partial charge < -0.3 is 5.73 Å². The maximum Gasteiger partial charge on any atom is 0.141 e. The summed E-state index contributed by atoms with van der Waals surface area (Å²) >= 11 is 1.62. The van der Waals surface area contributed by atoms with Crippen molar-refractivity contribution in [1.82, 2.24) is 9.97 Å². The van der Waals surface area contributed by atoms with Crippen LogP contribution in [0, 0.1) is 12.7 Å². The lowest BCUT2D eigenvalue weighted by Gasteiger charge is -1.99. The summed E-state index contributed by atoms with van der Waals surface area (Å²) in [6, 6.07) is 3.13. The Hall–Kier alpha value is -1.33. The summed E-state index contributed by atoms with van der Waals surface area (Å²) in [5, 5.41) is 0.999. The number of aromatic nitrogens is 2. The fraction of sp³-hybridized carbons (Fsp3) is 0.333. The molecule has 3 nitrogen and oxygen atoms in total. The van der Waals surface area contributed by atoms with Crippen molar-refractivity contribution in [3.63, 3.8) is 0 Å². The number of halogens is 1. The van der Waals surface area contributed by atoms with Gasteiger partial charge in [-0.3, -0.25) is 4.98 Å².